The van der Waals surface area contributed by atoms with Crippen molar-refractivity contribution in [2.24, 2.45) is 0 Å². The van der Waals surface area contributed by atoms with Crippen LogP contribution in [0.5, 0.6) is 0 Å². The van der Waals surface area contributed by atoms with Gasteiger partial charge in [-0.15, -0.1) is 0 Å². The predicted molar refractivity (Wildman–Crippen MR) is 67.6 cm³/mol. The number of hydrogen-bond acceptors (Lipinski definition) is 4. The van der Waals surface area contributed by atoms with Crippen LogP contribution in [0.15, 0.2) is 40.5 Å². The third-order valence-corrected chi connectivity index (χ3v) is 4.90. The molecule has 1 aromatic rings. The van der Waals surface area contributed by atoms with E-state index in [1.807, 2.05) is 42.5 Å². The molecule has 1 saturated heterocycles. The van der Waals surface area contributed by atoms with Gasteiger partial charge < -0.3 is 0 Å². The van der Waals surface area contributed by atoms with Gasteiger partial charge in [-0.05, 0) is 0 Å². The van der Waals surface area contributed by atoms with E-state index < -0.39 is 0 Å². The molecule has 88 valence electrons. The van der Waals surface area contributed by atoms with Gasteiger partial charge in [-0.3, -0.25) is 0 Å². The van der Waals surface area contributed by atoms with E-state index in [1.165, 1.54) is 0 Å². The molecular formula is C13H9N3OSe. The number of carbonyl (C=O) groups is 1. The zero-order valence-corrected chi connectivity index (χ0v) is 11.2. The van der Waals surface area contributed by atoms with E-state index in [0.717, 1.165) is 5.69 Å². The first-order chi connectivity index (χ1) is 8.76. The summed E-state index contributed by atoms with van der Waals surface area (Å²) in [6.07, 6.45) is 0. The standard InChI is InChI=1S/C13H9N3OSe/c14-6-10(7-15)13-16(8-12(17)9-18-13)11-4-2-1-3-5-11/h1-5H,8-9H2. The molecule has 0 atom stereocenters. The molecule has 0 amide bonds. The first-order valence-corrected chi connectivity index (χ1v) is 7.34. The second-order valence-electron chi connectivity index (χ2n) is 3.65. The monoisotopic (exact) mass is 303 g/mol. The van der Waals surface area contributed by atoms with Crippen molar-refractivity contribution in [3.05, 3.63) is 40.5 Å². The Kier molecular flexibility index (Phi) is 3.79. The number of Topliss-reactive ketones (excluding diaryl/α,β-unsaturated/α-hetero) is 1. The van der Waals surface area contributed by atoms with Gasteiger partial charge in [-0.25, -0.2) is 0 Å². The summed E-state index contributed by atoms with van der Waals surface area (Å²) in [7, 11) is 0. The summed E-state index contributed by atoms with van der Waals surface area (Å²) >= 11 is -0.147. The summed E-state index contributed by atoms with van der Waals surface area (Å²) < 4.78 is 0.707. The summed E-state index contributed by atoms with van der Waals surface area (Å²) in [6.45, 7) is 0.244. The Morgan fingerprint density at radius 3 is 2.50 bits per heavy atom. The second kappa shape index (κ2) is 5.51. The number of benzene rings is 1. The molecule has 4 nitrogen and oxygen atoms in total. The minimum atomic E-state index is -0.147. The van der Waals surface area contributed by atoms with Crippen molar-refractivity contribution in [3.8, 4) is 12.1 Å². The SMILES string of the molecule is N#CC(C#N)=C1[Se]CC(=O)CN1c1ccccc1. The van der Waals surface area contributed by atoms with Crippen LogP contribution in [-0.4, -0.2) is 27.3 Å². The average molecular weight is 302 g/mol. The minimum absolute atomic E-state index is 0.117. The van der Waals surface area contributed by atoms with Crippen LogP contribution < -0.4 is 4.90 Å². The molecule has 0 unspecified atom stereocenters. The molecule has 1 aromatic carbocycles. The van der Waals surface area contributed by atoms with E-state index in [4.69, 9.17) is 10.5 Å². The van der Waals surface area contributed by atoms with E-state index in [0.29, 0.717) is 9.91 Å². The number of hydrogen-bond donors (Lipinski definition) is 0. The number of ketones is 1. The van der Waals surface area contributed by atoms with Crippen LogP contribution in [0.3, 0.4) is 0 Å². The summed E-state index contributed by atoms with van der Waals surface area (Å²) in [5.41, 5.74) is 0.969. The number of anilines is 1. The van der Waals surface area contributed by atoms with Crippen molar-refractivity contribution in [2.45, 2.75) is 5.32 Å². The Bertz CT molecular complexity index is 564. The summed E-state index contributed by atoms with van der Waals surface area (Å²) in [4.78, 5) is 13.4. The topological polar surface area (TPSA) is 67.9 Å². The Hall–Kier alpha value is -2.07. The summed E-state index contributed by atoms with van der Waals surface area (Å²) in [6, 6.07) is 13.2. The van der Waals surface area contributed by atoms with Crippen molar-refractivity contribution in [1.29, 1.82) is 10.5 Å². The number of para-hydroxylation sites is 1. The molecule has 0 spiro atoms. The van der Waals surface area contributed by atoms with Crippen LogP contribution >= 0.6 is 0 Å². The molecule has 0 saturated carbocycles. The average Bonchev–Trinajstić information content (AvgIpc) is 2.42. The summed E-state index contributed by atoms with van der Waals surface area (Å²) in [5.74, 6) is 0.151. The molecule has 18 heavy (non-hydrogen) atoms. The van der Waals surface area contributed by atoms with Crippen LogP contribution in [0.1, 0.15) is 0 Å². The molecule has 0 aromatic heterocycles. The Labute approximate surface area is 111 Å². The summed E-state index contributed by atoms with van der Waals surface area (Å²) in [5, 5.41) is 18.4. The van der Waals surface area contributed by atoms with E-state index in [-0.39, 0.29) is 32.9 Å². The van der Waals surface area contributed by atoms with Gasteiger partial charge in [0.15, 0.2) is 0 Å². The predicted octanol–water partition coefficient (Wildman–Crippen LogP) is 1.46. The molecule has 0 aliphatic carbocycles. The van der Waals surface area contributed by atoms with Gasteiger partial charge in [0, 0.05) is 0 Å². The molecule has 1 fully saturated rings. The zero-order valence-electron chi connectivity index (χ0n) is 9.46. The third-order valence-electron chi connectivity index (χ3n) is 2.45. The van der Waals surface area contributed by atoms with Crippen LogP contribution in [0.2, 0.25) is 5.32 Å². The Morgan fingerprint density at radius 1 is 1.22 bits per heavy atom. The molecule has 1 heterocycles. The van der Waals surface area contributed by atoms with Crippen LogP contribution in [0, 0.1) is 22.7 Å². The zero-order chi connectivity index (χ0) is 13.0. The first-order valence-electron chi connectivity index (χ1n) is 5.28. The van der Waals surface area contributed by atoms with E-state index in [1.54, 1.807) is 4.90 Å². The van der Waals surface area contributed by atoms with E-state index in [9.17, 15) is 4.79 Å². The molecule has 1 aliphatic heterocycles. The van der Waals surface area contributed by atoms with Crippen molar-refractivity contribution < 1.29 is 4.79 Å². The van der Waals surface area contributed by atoms with Gasteiger partial charge in [0.25, 0.3) is 0 Å². The molecule has 0 radical (unpaired) electrons. The fourth-order valence-corrected chi connectivity index (χ4v) is 3.66. The molecule has 2 rings (SSSR count). The molecule has 0 bridgehead atoms. The van der Waals surface area contributed by atoms with Crippen LogP contribution in [-0.2, 0) is 4.79 Å². The number of nitrogens with zero attached hydrogens (tertiary/aromatic N) is 3. The van der Waals surface area contributed by atoms with Gasteiger partial charge in [0.2, 0.25) is 0 Å². The molecule has 1 aliphatic rings. The second-order valence-corrected chi connectivity index (χ2v) is 5.68. The first kappa shape index (κ1) is 12.4. The van der Waals surface area contributed by atoms with Crippen molar-refractivity contribution in [1.82, 2.24) is 0 Å². The molecule has 0 N–H and O–H groups in total. The van der Waals surface area contributed by atoms with Crippen molar-refractivity contribution in [2.75, 3.05) is 11.4 Å². The fraction of sp³-hybridized carbons (Fsp3) is 0.154. The third kappa shape index (κ3) is 2.43. The quantitative estimate of drug-likeness (QED) is 0.582. The van der Waals surface area contributed by atoms with Crippen LogP contribution in [0.25, 0.3) is 0 Å². The van der Waals surface area contributed by atoms with Gasteiger partial charge in [-0.2, -0.15) is 0 Å². The van der Waals surface area contributed by atoms with Crippen molar-refractivity contribution >= 4 is 26.4 Å². The van der Waals surface area contributed by atoms with Gasteiger partial charge in [-0.1, -0.05) is 0 Å². The number of allylic oxidation sites excluding steroid dienone is 1. The van der Waals surface area contributed by atoms with Gasteiger partial charge in [0.1, 0.15) is 0 Å². The normalized spacial score (nSPS) is 14.9. The number of carbonyl (C=O) groups excluding carboxylic acids is 1. The Morgan fingerprint density at radius 2 is 1.89 bits per heavy atom. The fourth-order valence-electron chi connectivity index (χ4n) is 1.66. The van der Waals surface area contributed by atoms with Gasteiger partial charge >= 0.3 is 111 Å². The van der Waals surface area contributed by atoms with E-state index >= 15 is 0 Å². The molecule has 5 heteroatoms. The van der Waals surface area contributed by atoms with Gasteiger partial charge in [0.05, 0.1) is 0 Å². The number of nitriles is 2. The Balaban J connectivity index is 2.47. The molecular weight excluding hydrogens is 293 g/mol. The van der Waals surface area contributed by atoms with E-state index in [2.05, 4.69) is 0 Å². The maximum atomic E-state index is 11.6. The number of rotatable bonds is 1. The van der Waals surface area contributed by atoms with Crippen molar-refractivity contribution in [3.63, 3.8) is 0 Å². The van der Waals surface area contributed by atoms with Crippen LogP contribution in [0.4, 0.5) is 5.69 Å². The maximum absolute atomic E-state index is 11.6.